The third-order valence-electron chi connectivity index (χ3n) is 4.51. The number of pyridine rings is 1. The van der Waals surface area contributed by atoms with E-state index in [0.717, 1.165) is 18.4 Å². The Hall–Kier alpha value is -2.74. The maximum atomic E-state index is 12.8. The van der Waals surface area contributed by atoms with Gasteiger partial charge in [-0.1, -0.05) is 5.16 Å². The van der Waals surface area contributed by atoms with Crippen LogP contribution in [-0.4, -0.2) is 38.6 Å². The highest BCUT2D eigenvalue weighted by atomic mass is 16.5. The summed E-state index contributed by atoms with van der Waals surface area (Å²) in [4.78, 5) is 21.2. The molecule has 3 aromatic heterocycles. The molecule has 1 saturated heterocycles. The lowest BCUT2D eigenvalue weighted by molar-refractivity contribution is 0.0468. The van der Waals surface area contributed by atoms with Crippen molar-refractivity contribution in [1.82, 2.24) is 24.8 Å². The Labute approximate surface area is 144 Å². The zero-order chi connectivity index (χ0) is 17.2. The molecule has 1 fully saturated rings. The number of hydrogen-bond donors (Lipinski definition) is 1. The molecule has 1 N–H and O–H groups in total. The van der Waals surface area contributed by atoms with Crippen LogP contribution in [0.4, 0.5) is 0 Å². The van der Waals surface area contributed by atoms with Crippen molar-refractivity contribution in [2.45, 2.75) is 25.8 Å². The second-order valence-corrected chi connectivity index (χ2v) is 6.22. The van der Waals surface area contributed by atoms with Crippen molar-refractivity contribution in [1.29, 1.82) is 0 Å². The van der Waals surface area contributed by atoms with Crippen LogP contribution in [0.15, 0.2) is 35.4 Å². The lowest BCUT2D eigenvalue weighted by atomic mass is 9.91. The molecule has 130 valence electrons. The molecule has 4 rings (SSSR count). The minimum atomic E-state index is -0.321. The summed E-state index contributed by atoms with van der Waals surface area (Å²) in [5.41, 5.74) is 1.44. The second kappa shape index (κ2) is 6.64. The molecular weight excluding hydrogens is 322 g/mol. The highest BCUT2D eigenvalue weighted by Crippen LogP contribution is 2.29. The van der Waals surface area contributed by atoms with Gasteiger partial charge in [0.25, 0.3) is 5.91 Å². The van der Waals surface area contributed by atoms with E-state index < -0.39 is 0 Å². The average Bonchev–Trinajstić information content (AvgIpc) is 3.28. The number of carbonyl (C=O) groups is 1. The number of imidazole rings is 1. The van der Waals surface area contributed by atoms with Gasteiger partial charge >= 0.3 is 0 Å². The summed E-state index contributed by atoms with van der Waals surface area (Å²) in [5, 5.41) is 6.94. The van der Waals surface area contributed by atoms with E-state index in [4.69, 9.17) is 9.26 Å². The SMILES string of the molecule is Cc1noc([C@H](NC(=O)c2ccn3cncc3c2)C2CCOCC2)n1. The van der Waals surface area contributed by atoms with Gasteiger partial charge in [0.15, 0.2) is 5.82 Å². The zero-order valence-corrected chi connectivity index (χ0v) is 13.9. The molecule has 1 amide bonds. The fraction of sp³-hybridized carbons (Fsp3) is 0.412. The topological polar surface area (TPSA) is 94.6 Å². The highest BCUT2D eigenvalue weighted by molar-refractivity contribution is 5.95. The fourth-order valence-corrected chi connectivity index (χ4v) is 3.15. The number of hydrogen-bond acceptors (Lipinski definition) is 6. The predicted octanol–water partition coefficient (Wildman–Crippen LogP) is 1.92. The summed E-state index contributed by atoms with van der Waals surface area (Å²) in [6, 6.07) is 3.26. The van der Waals surface area contributed by atoms with E-state index in [1.807, 2.05) is 16.7 Å². The van der Waals surface area contributed by atoms with Crippen LogP contribution in [0.2, 0.25) is 0 Å². The molecule has 0 aliphatic carbocycles. The quantitative estimate of drug-likeness (QED) is 0.779. The molecule has 0 spiro atoms. The molecular formula is C17H19N5O3. The predicted molar refractivity (Wildman–Crippen MR) is 88.0 cm³/mol. The van der Waals surface area contributed by atoms with Crippen LogP contribution >= 0.6 is 0 Å². The molecule has 0 radical (unpaired) electrons. The van der Waals surface area contributed by atoms with Crippen molar-refractivity contribution in [3.05, 3.63) is 48.1 Å². The van der Waals surface area contributed by atoms with Crippen LogP contribution in [0.3, 0.4) is 0 Å². The highest BCUT2D eigenvalue weighted by Gasteiger charge is 2.31. The number of rotatable bonds is 4. The Morgan fingerprint density at radius 3 is 3.00 bits per heavy atom. The number of fused-ring (bicyclic) bond motifs is 1. The van der Waals surface area contributed by atoms with Crippen molar-refractivity contribution in [2.24, 2.45) is 5.92 Å². The number of nitrogens with one attached hydrogen (secondary N) is 1. The van der Waals surface area contributed by atoms with E-state index in [-0.39, 0.29) is 17.9 Å². The zero-order valence-electron chi connectivity index (χ0n) is 13.9. The van der Waals surface area contributed by atoms with Gasteiger partial charge in [0.2, 0.25) is 5.89 Å². The van der Waals surface area contributed by atoms with Crippen molar-refractivity contribution < 1.29 is 14.1 Å². The average molecular weight is 341 g/mol. The summed E-state index contributed by atoms with van der Waals surface area (Å²) in [7, 11) is 0. The largest absolute Gasteiger partial charge is 0.381 e. The Morgan fingerprint density at radius 1 is 1.40 bits per heavy atom. The molecule has 1 aliphatic rings. The Kier molecular flexibility index (Phi) is 4.19. The Balaban J connectivity index is 1.59. The van der Waals surface area contributed by atoms with E-state index in [9.17, 15) is 4.79 Å². The van der Waals surface area contributed by atoms with Crippen LogP contribution < -0.4 is 5.32 Å². The van der Waals surface area contributed by atoms with Crippen LogP contribution in [0, 0.1) is 12.8 Å². The van der Waals surface area contributed by atoms with E-state index >= 15 is 0 Å². The molecule has 4 heterocycles. The van der Waals surface area contributed by atoms with Crippen molar-refractivity contribution in [2.75, 3.05) is 13.2 Å². The van der Waals surface area contributed by atoms with Crippen LogP contribution in [0.1, 0.15) is 41.0 Å². The summed E-state index contributed by atoms with van der Waals surface area (Å²) in [5.74, 6) is 1.04. The molecule has 3 aromatic rings. The number of nitrogens with zero attached hydrogens (tertiary/aromatic N) is 4. The summed E-state index contributed by atoms with van der Waals surface area (Å²) in [6.45, 7) is 3.11. The van der Waals surface area contributed by atoms with Gasteiger partial charge in [0.05, 0.1) is 18.0 Å². The van der Waals surface area contributed by atoms with Crippen molar-refractivity contribution >= 4 is 11.4 Å². The molecule has 0 bridgehead atoms. The maximum Gasteiger partial charge on any atom is 0.252 e. The Bertz CT molecular complexity index is 881. The van der Waals surface area contributed by atoms with Crippen molar-refractivity contribution in [3.63, 3.8) is 0 Å². The van der Waals surface area contributed by atoms with E-state index in [1.54, 1.807) is 25.5 Å². The van der Waals surface area contributed by atoms with E-state index in [0.29, 0.717) is 30.5 Å². The minimum absolute atomic E-state index is 0.170. The van der Waals surface area contributed by atoms with Crippen LogP contribution in [0.25, 0.3) is 5.52 Å². The first-order valence-electron chi connectivity index (χ1n) is 8.31. The summed E-state index contributed by atoms with van der Waals surface area (Å²) >= 11 is 0. The Morgan fingerprint density at radius 2 is 2.24 bits per heavy atom. The van der Waals surface area contributed by atoms with Gasteiger partial charge in [-0.2, -0.15) is 4.98 Å². The number of aryl methyl sites for hydroxylation is 1. The molecule has 25 heavy (non-hydrogen) atoms. The minimum Gasteiger partial charge on any atom is -0.381 e. The summed E-state index contributed by atoms with van der Waals surface area (Å²) < 4.78 is 12.6. The van der Waals surface area contributed by atoms with E-state index in [1.165, 1.54) is 0 Å². The van der Waals surface area contributed by atoms with Crippen LogP contribution in [0.5, 0.6) is 0 Å². The first-order valence-corrected chi connectivity index (χ1v) is 8.31. The molecule has 8 heteroatoms. The molecule has 0 aromatic carbocycles. The van der Waals surface area contributed by atoms with E-state index in [2.05, 4.69) is 20.4 Å². The number of carbonyl (C=O) groups excluding carboxylic acids is 1. The number of ether oxygens (including phenoxy) is 1. The third-order valence-corrected chi connectivity index (χ3v) is 4.51. The fourth-order valence-electron chi connectivity index (χ4n) is 3.15. The molecule has 1 atom stereocenters. The van der Waals surface area contributed by atoms with Gasteiger partial charge in [-0.25, -0.2) is 4.98 Å². The van der Waals surface area contributed by atoms with Gasteiger partial charge < -0.3 is 19.0 Å². The molecule has 8 nitrogen and oxygen atoms in total. The molecule has 0 unspecified atom stereocenters. The van der Waals surface area contributed by atoms with Crippen molar-refractivity contribution in [3.8, 4) is 0 Å². The van der Waals surface area contributed by atoms with Gasteiger partial charge in [0.1, 0.15) is 6.04 Å². The monoisotopic (exact) mass is 341 g/mol. The normalized spacial score (nSPS) is 16.8. The second-order valence-electron chi connectivity index (χ2n) is 6.22. The van der Waals surface area contributed by atoms with Gasteiger partial charge in [-0.05, 0) is 37.8 Å². The smallest absolute Gasteiger partial charge is 0.252 e. The third kappa shape index (κ3) is 3.25. The summed E-state index contributed by atoms with van der Waals surface area (Å²) in [6.07, 6.45) is 6.91. The van der Waals surface area contributed by atoms with Gasteiger partial charge in [-0.15, -0.1) is 0 Å². The number of amides is 1. The van der Waals surface area contributed by atoms with Crippen LogP contribution in [-0.2, 0) is 4.74 Å². The number of aromatic nitrogens is 4. The first kappa shape index (κ1) is 15.8. The van der Waals surface area contributed by atoms with Gasteiger partial charge in [0, 0.05) is 25.0 Å². The lowest BCUT2D eigenvalue weighted by Crippen LogP contribution is -2.36. The van der Waals surface area contributed by atoms with Gasteiger partial charge in [-0.3, -0.25) is 4.79 Å². The first-order chi connectivity index (χ1) is 12.2. The lowest BCUT2D eigenvalue weighted by Gasteiger charge is -2.28. The molecule has 1 aliphatic heterocycles. The maximum absolute atomic E-state index is 12.8. The molecule has 0 saturated carbocycles. The standard InChI is InChI=1S/C17H19N5O3/c1-11-19-17(25-21-11)15(12-3-6-24-7-4-12)20-16(23)13-2-5-22-10-18-9-14(22)8-13/h2,5,8-10,12,15H,3-4,6-7H2,1H3,(H,20,23)/t15-/m1/s1.